The second kappa shape index (κ2) is 6.50. The van der Waals surface area contributed by atoms with Crippen molar-refractivity contribution in [3.8, 4) is 0 Å². The van der Waals surface area contributed by atoms with Gasteiger partial charge in [0.05, 0.1) is 13.2 Å². The van der Waals surface area contributed by atoms with Gasteiger partial charge in [-0.3, -0.25) is 4.79 Å². The maximum Gasteiger partial charge on any atom is 0.234 e. The molecule has 18 heavy (non-hydrogen) atoms. The van der Waals surface area contributed by atoms with E-state index in [9.17, 15) is 4.79 Å². The molecule has 0 aromatic heterocycles. The molecule has 2 unspecified atom stereocenters. The molecule has 2 aliphatic heterocycles. The van der Waals surface area contributed by atoms with Crippen LogP contribution in [0.1, 0.15) is 25.7 Å². The zero-order valence-electron chi connectivity index (χ0n) is 11.4. The lowest BCUT2D eigenvalue weighted by Crippen LogP contribution is -2.49. The maximum absolute atomic E-state index is 11.6. The van der Waals surface area contributed by atoms with Crippen LogP contribution in [-0.2, 0) is 9.53 Å². The molecule has 5 heteroatoms. The molecule has 5 nitrogen and oxygen atoms in total. The van der Waals surface area contributed by atoms with Crippen LogP contribution in [0.2, 0.25) is 0 Å². The first-order chi connectivity index (χ1) is 8.70. The average molecular weight is 255 g/mol. The fraction of sp³-hybridized carbons (Fsp3) is 0.923. The Morgan fingerprint density at radius 1 is 1.33 bits per heavy atom. The Morgan fingerprint density at radius 2 is 2.00 bits per heavy atom. The minimum absolute atomic E-state index is 0.0679. The molecule has 0 spiro atoms. The van der Waals surface area contributed by atoms with Crippen molar-refractivity contribution in [3.63, 3.8) is 0 Å². The third kappa shape index (κ3) is 3.43. The van der Waals surface area contributed by atoms with Crippen LogP contribution in [0.15, 0.2) is 0 Å². The second-order valence-corrected chi connectivity index (χ2v) is 5.44. The lowest BCUT2D eigenvalue weighted by atomic mass is 9.98. The van der Waals surface area contributed by atoms with Crippen molar-refractivity contribution < 1.29 is 9.53 Å². The number of ether oxygens (including phenoxy) is 1. The lowest BCUT2D eigenvalue weighted by molar-refractivity contribution is -0.120. The van der Waals surface area contributed by atoms with Crippen LogP contribution >= 0.6 is 0 Å². The lowest BCUT2D eigenvalue weighted by Gasteiger charge is -2.36. The maximum atomic E-state index is 11.6. The second-order valence-electron chi connectivity index (χ2n) is 5.44. The molecule has 2 bridgehead atoms. The average Bonchev–Trinajstić information content (AvgIpc) is 2.60. The fourth-order valence-electron chi connectivity index (χ4n) is 3.17. The number of hydrogen-bond acceptors (Lipinski definition) is 4. The molecule has 2 saturated heterocycles. The van der Waals surface area contributed by atoms with Crippen molar-refractivity contribution in [2.24, 2.45) is 0 Å². The highest BCUT2D eigenvalue weighted by Crippen LogP contribution is 2.33. The van der Waals surface area contributed by atoms with E-state index in [4.69, 9.17) is 4.74 Å². The van der Waals surface area contributed by atoms with Crippen molar-refractivity contribution in [1.82, 2.24) is 15.5 Å². The summed E-state index contributed by atoms with van der Waals surface area (Å²) in [4.78, 5) is 14.1. The van der Waals surface area contributed by atoms with E-state index >= 15 is 0 Å². The van der Waals surface area contributed by atoms with Crippen molar-refractivity contribution in [2.75, 3.05) is 33.9 Å². The number of nitrogens with zero attached hydrogens (tertiary/aromatic N) is 1. The summed E-state index contributed by atoms with van der Waals surface area (Å²) in [5.74, 6) is 0.0679. The molecule has 0 aromatic carbocycles. The van der Waals surface area contributed by atoms with Gasteiger partial charge in [0.1, 0.15) is 0 Å². The van der Waals surface area contributed by atoms with Gasteiger partial charge in [-0.25, -0.2) is 0 Å². The van der Waals surface area contributed by atoms with Crippen LogP contribution in [0, 0.1) is 0 Å². The van der Waals surface area contributed by atoms with Gasteiger partial charge >= 0.3 is 0 Å². The van der Waals surface area contributed by atoms with Gasteiger partial charge < -0.3 is 20.3 Å². The van der Waals surface area contributed by atoms with E-state index in [2.05, 4.69) is 22.6 Å². The molecule has 2 heterocycles. The Labute approximate surface area is 109 Å². The number of amides is 1. The van der Waals surface area contributed by atoms with Crippen molar-refractivity contribution in [3.05, 3.63) is 0 Å². The summed E-state index contributed by atoms with van der Waals surface area (Å²) >= 11 is 0. The van der Waals surface area contributed by atoms with E-state index in [1.807, 2.05) is 0 Å². The molecule has 2 fully saturated rings. The van der Waals surface area contributed by atoms with Gasteiger partial charge in [0.2, 0.25) is 5.91 Å². The Hall–Kier alpha value is -0.650. The first kappa shape index (κ1) is 13.8. The molecular weight excluding hydrogens is 230 g/mol. The van der Waals surface area contributed by atoms with Crippen molar-refractivity contribution >= 4 is 5.91 Å². The SMILES string of the molecule is COCCNC(=O)CNC1CC2CCC(C1)N2C. The predicted molar refractivity (Wildman–Crippen MR) is 70.5 cm³/mol. The minimum Gasteiger partial charge on any atom is -0.383 e. The number of carbonyl (C=O) groups is 1. The van der Waals surface area contributed by atoms with E-state index in [1.54, 1.807) is 7.11 Å². The zero-order chi connectivity index (χ0) is 13.0. The summed E-state index contributed by atoms with van der Waals surface area (Å²) < 4.78 is 4.89. The third-order valence-electron chi connectivity index (χ3n) is 4.28. The van der Waals surface area contributed by atoms with Gasteiger partial charge in [-0.1, -0.05) is 0 Å². The molecule has 0 radical (unpaired) electrons. The molecular formula is C13H25N3O2. The number of hydrogen-bond donors (Lipinski definition) is 2. The number of carbonyl (C=O) groups excluding carboxylic acids is 1. The zero-order valence-corrected chi connectivity index (χ0v) is 11.4. The van der Waals surface area contributed by atoms with E-state index in [0.29, 0.717) is 25.7 Å². The Morgan fingerprint density at radius 3 is 2.61 bits per heavy atom. The third-order valence-corrected chi connectivity index (χ3v) is 4.28. The molecule has 2 N–H and O–H groups in total. The fourth-order valence-corrected chi connectivity index (χ4v) is 3.17. The molecule has 2 atom stereocenters. The quantitative estimate of drug-likeness (QED) is 0.654. The van der Waals surface area contributed by atoms with Crippen LogP contribution in [0.25, 0.3) is 0 Å². The Kier molecular flexibility index (Phi) is 4.97. The smallest absolute Gasteiger partial charge is 0.234 e. The standard InChI is InChI=1S/C13H25N3O2/c1-16-11-3-4-12(16)8-10(7-11)15-9-13(17)14-5-6-18-2/h10-12,15H,3-9H2,1-2H3,(H,14,17). The topological polar surface area (TPSA) is 53.6 Å². The number of fused-ring (bicyclic) bond motifs is 2. The van der Waals surface area contributed by atoms with Crippen molar-refractivity contribution in [1.29, 1.82) is 0 Å². The molecule has 104 valence electrons. The molecule has 2 aliphatic rings. The van der Waals surface area contributed by atoms with Crippen LogP contribution < -0.4 is 10.6 Å². The van der Waals surface area contributed by atoms with Gasteiger partial charge in [-0.05, 0) is 32.7 Å². The summed E-state index contributed by atoms with van der Waals surface area (Å²) in [6.45, 7) is 1.59. The number of nitrogens with one attached hydrogen (secondary N) is 2. The Balaban J connectivity index is 1.64. The number of rotatable bonds is 6. The van der Waals surface area contributed by atoms with E-state index < -0.39 is 0 Å². The van der Waals surface area contributed by atoms with Crippen LogP contribution in [0.3, 0.4) is 0 Å². The summed E-state index contributed by atoms with van der Waals surface area (Å²) in [5.41, 5.74) is 0. The molecule has 0 saturated carbocycles. The normalized spacial score (nSPS) is 31.6. The monoisotopic (exact) mass is 255 g/mol. The van der Waals surface area contributed by atoms with Crippen LogP contribution in [-0.4, -0.2) is 62.8 Å². The van der Waals surface area contributed by atoms with Gasteiger partial charge in [0.15, 0.2) is 0 Å². The number of piperidine rings is 1. The van der Waals surface area contributed by atoms with Crippen LogP contribution in [0.5, 0.6) is 0 Å². The largest absolute Gasteiger partial charge is 0.383 e. The van der Waals surface area contributed by atoms with Gasteiger partial charge in [0, 0.05) is 31.8 Å². The molecule has 0 aromatic rings. The highest BCUT2D eigenvalue weighted by atomic mass is 16.5. The summed E-state index contributed by atoms with van der Waals surface area (Å²) in [6, 6.07) is 1.95. The summed E-state index contributed by atoms with van der Waals surface area (Å²) in [6.07, 6.45) is 5.00. The summed E-state index contributed by atoms with van der Waals surface area (Å²) in [7, 11) is 3.87. The van der Waals surface area contributed by atoms with Gasteiger partial charge in [-0.15, -0.1) is 0 Å². The predicted octanol–water partition coefficient (Wildman–Crippen LogP) is -0.0362. The first-order valence-corrected chi connectivity index (χ1v) is 6.91. The van der Waals surface area contributed by atoms with Crippen molar-refractivity contribution in [2.45, 2.75) is 43.8 Å². The minimum atomic E-state index is 0.0679. The number of methoxy groups -OCH3 is 1. The van der Waals surface area contributed by atoms with E-state index in [0.717, 1.165) is 12.1 Å². The molecule has 1 amide bonds. The first-order valence-electron chi connectivity index (χ1n) is 6.91. The van der Waals surface area contributed by atoms with E-state index in [-0.39, 0.29) is 5.91 Å². The molecule has 0 aliphatic carbocycles. The van der Waals surface area contributed by atoms with E-state index in [1.165, 1.54) is 25.7 Å². The van der Waals surface area contributed by atoms with Gasteiger partial charge in [-0.2, -0.15) is 0 Å². The highest BCUT2D eigenvalue weighted by Gasteiger charge is 2.38. The highest BCUT2D eigenvalue weighted by molar-refractivity contribution is 5.77. The van der Waals surface area contributed by atoms with Gasteiger partial charge in [0.25, 0.3) is 0 Å². The molecule has 2 rings (SSSR count). The summed E-state index contributed by atoms with van der Waals surface area (Å²) in [5, 5.41) is 6.22. The Bertz CT molecular complexity index is 271. The van der Waals surface area contributed by atoms with Crippen LogP contribution in [0.4, 0.5) is 0 Å².